The summed E-state index contributed by atoms with van der Waals surface area (Å²) in [6.07, 6.45) is 0. The summed E-state index contributed by atoms with van der Waals surface area (Å²) >= 11 is 0. The summed E-state index contributed by atoms with van der Waals surface area (Å²) in [6, 6.07) is 18.1. The summed E-state index contributed by atoms with van der Waals surface area (Å²) in [7, 11) is 0. The van der Waals surface area contributed by atoms with Crippen LogP contribution in [0.25, 0.3) is 0 Å². The molecule has 2 heteroatoms. The molecule has 1 heterocycles. The maximum absolute atomic E-state index is 9.31. The fourth-order valence-corrected chi connectivity index (χ4v) is 5.38. The van der Waals surface area contributed by atoms with Crippen molar-refractivity contribution in [3.8, 4) is 0 Å². The zero-order valence-corrected chi connectivity index (χ0v) is 12.7. The van der Waals surface area contributed by atoms with E-state index in [1.807, 2.05) is 0 Å². The van der Waals surface area contributed by atoms with Crippen LogP contribution in [0.5, 0.6) is 0 Å². The van der Waals surface area contributed by atoms with Crippen LogP contribution in [0.3, 0.4) is 0 Å². The van der Waals surface area contributed by atoms with Gasteiger partial charge in [-0.15, -0.1) is 0 Å². The Morgan fingerprint density at radius 2 is 1.18 bits per heavy atom. The van der Waals surface area contributed by atoms with Crippen LogP contribution in [-0.4, -0.2) is 36.2 Å². The molecule has 0 saturated carbocycles. The van der Waals surface area contributed by atoms with Gasteiger partial charge in [-0.1, -0.05) is 48.5 Å². The Hall–Kier alpha value is -1.64. The lowest BCUT2D eigenvalue weighted by Gasteiger charge is -2.48. The molecule has 1 aliphatic heterocycles. The Bertz CT molecular complexity index is 620. The van der Waals surface area contributed by atoms with Gasteiger partial charge in [-0.3, -0.25) is 0 Å². The minimum absolute atomic E-state index is 0.272. The van der Waals surface area contributed by atoms with Crippen molar-refractivity contribution in [2.45, 2.75) is 11.8 Å². The Kier molecular flexibility index (Phi) is 2.73. The molecule has 3 aliphatic carbocycles. The van der Waals surface area contributed by atoms with Crippen molar-refractivity contribution in [2.75, 3.05) is 26.2 Å². The quantitative estimate of drug-likeness (QED) is 0.919. The number of aliphatic hydroxyl groups excluding tert-OH is 1. The number of nitrogens with zero attached hydrogens (tertiary/aromatic N) is 1. The van der Waals surface area contributed by atoms with Gasteiger partial charge in [0, 0.05) is 31.5 Å². The number of aliphatic hydroxyl groups is 1. The molecular weight excluding hydrogens is 270 g/mol. The monoisotopic (exact) mass is 291 g/mol. The second-order valence-electron chi connectivity index (χ2n) is 7.02. The van der Waals surface area contributed by atoms with Crippen LogP contribution < -0.4 is 0 Å². The van der Waals surface area contributed by atoms with Crippen molar-refractivity contribution < 1.29 is 5.11 Å². The Morgan fingerprint density at radius 3 is 1.55 bits per heavy atom. The fourth-order valence-electron chi connectivity index (χ4n) is 5.38. The Labute approximate surface area is 131 Å². The lowest BCUT2D eigenvalue weighted by atomic mass is 9.55. The van der Waals surface area contributed by atoms with Gasteiger partial charge in [0.1, 0.15) is 0 Å². The van der Waals surface area contributed by atoms with Crippen molar-refractivity contribution in [1.82, 2.24) is 4.90 Å². The maximum atomic E-state index is 9.31. The molecule has 2 nitrogen and oxygen atoms in total. The molecule has 2 atom stereocenters. The lowest BCUT2D eigenvalue weighted by molar-refractivity contribution is 0.215. The highest BCUT2D eigenvalue weighted by Gasteiger charge is 2.52. The molecule has 2 aromatic rings. The molecule has 6 rings (SSSR count). The van der Waals surface area contributed by atoms with Gasteiger partial charge in [0.25, 0.3) is 0 Å². The highest BCUT2D eigenvalue weighted by Crippen LogP contribution is 2.60. The maximum Gasteiger partial charge on any atom is 0.0558 e. The molecule has 22 heavy (non-hydrogen) atoms. The standard InChI is InChI=1S/C20H21NO/c22-10-9-21-11-17-18(12-21)20-14-6-2-1-5-13(14)19(17)15-7-3-4-8-16(15)20/h1-8,17-20,22H,9-12H2/t17-,18-,19?,20?/m0/s1. The topological polar surface area (TPSA) is 23.5 Å². The summed E-state index contributed by atoms with van der Waals surface area (Å²) < 4.78 is 0. The van der Waals surface area contributed by atoms with Gasteiger partial charge in [-0.25, -0.2) is 0 Å². The lowest BCUT2D eigenvalue weighted by Crippen LogP contribution is -2.39. The smallest absolute Gasteiger partial charge is 0.0558 e. The van der Waals surface area contributed by atoms with E-state index < -0.39 is 0 Å². The summed E-state index contributed by atoms with van der Waals surface area (Å²) in [4.78, 5) is 2.47. The second-order valence-corrected chi connectivity index (χ2v) is 7.02. The molecule has 0 aromatic heterocycles. The van der Waals surface area contributed by atoms with Crippen LogP contribution in [0.15, 0.2) is 48.5 Å². The van der Waals surface area contributed by atoms with Gasteiger partial charge in [-0.05, 0) is 34.1 Å². The average Bonchev–Trinajstić information content (AvgIpc) is 2.98. The molecule has 0 amide bonds. The zero-order valence-electron chi connectivity index (χ0n) is 12.7. The second kappa shape index (κ2) is 4.68. The number of β-amino-alcohol motifs (C(OH)–C–C–N with tert-alkyl or cyclic N) is 1. The third-order valence-electron chi connectivity index (χ3n) is 6.09. The number of likely N-dealkylation sites (tertiary alicyclic amines) is 1. The normalized spacial score (nSPS) is 31.7. The van der Waals surface area contributed by atoms with E-state index >= 15 is 0 Å². The first-order chi connectivity index (χ1) is 10.9. The summed E-state index contributed by atoms with van der Waals surface area (Å²) in [5.41, 5.74) is 6.22. The largest absolute Gasteiger partial charge is 0.395 e. The molecule has 2 aromatic carbocycles. The molecule has 0 spiro atoms. The summed E-state index contributed by atoms with van der Waals surface area (Å²) in [6.45, 7) is 3.36. The van der Waals surface area contributed by atoms with E-state index in [1.54, 1.807) is 22.3 Å². The van der Waals surface area contributed by atoms with Gasteiger partial charge in [-0.2, -0.15) is 0 Å². The summed E-state index contributed by atoms with van der Waals surface area (Å²) in [5.74, 6) is 2.51. The first-order valence-electron chi connectivity index (χ1n) is 8.39. The third-order valence-corrected chi connectivity index (χ3v) is 6.09. The van der Waals surface area contributed by atoms with Gasteiger partial charge in [0.2, 0.25) is 0 Å². The van der Waals surface area contributed by atoms with Crippen LogP contribution >= 0.6 is 0 Å². The van der Waals surface area contributed by atoms with E-state index in [0.717, 1.165) is 19.6 Å². The van der Waals surface area contributed by atoms with Crippen molar-refractivity contribution in [3.05, 3.63) is 70.8 Å². The molecule has 2 bridgehead atoms. The Morgan fingerprint density at radius 1 is 0.773 bits per heavy atom. The van der Waals surface area contributed by atoms with Crippen LogP contribution in [0, 0.1) is 11.8 Å². The van der Waals surface area contributed by atoms with Crippen molar-refractivity contribution in [3.63, 3.8) is 0 Å². The summed E-state index contributed by atoms with van der Waals surface area (Å²) in [5, 5.41) is 9.31. The van der Waals surface area contributed by atoms with E-state index in [-0.39, 0.29) is 6.61 Å². The third kappa shape index (κ3) is 1.57. The van der Waals surface area contributed by atoms with E-state index in [4.69, 9.17) is 0 Å². The van der Waals surface area contributed by atoms with E-state index in [2.05, 4.69) is 53.4 Å². The van der Waals surface area contributed by atoms with Crippen LogP contribution in [0.1, 0.15) is 34.1 Å². The predicted molar refractivity (Wildman–Crippen MR) is 87.1 cm³/mol. The minimum atomic E-state index is 0.272. The highest BCUT2D eigenvalue weighted by atomic mass is 16.3. The van der Waals surface area contributed by atoms with Gasteiger partial charge < -0.3 is 10.0 Å². The van der Waals surface area contributed by atoms with Crippen molar-refractivity contribution >= 4 is 0 Å². The fraction of sp³-hybridized carbons (Fsp3) is 0.400. The number of hydrogen-bond acceptors (Lipinski definition) is 2. The molecule has 1 saturated heterocycles. The SMILES string of the molecule is OCCN1C[C@@H]2C3c4ccccc4C(c4ccccc43)[C@H]2C1. The predicted octanol–water partition coefficient (Wildman–Crippen LogP) is 2.82. The van der Waals surface area contributed by atoms with E-state index in [1.165, 1.54) is 0 Å². The average molecular weight is 291 g/mol. The number of rotatable bonds is 2. The molecule has 0 radical (unpaired) electrons. The van der Waals surface area contributed by atoms with Crippen LogP contribution in [-0.2, 0) is 0 Å². The first-order valence-corrected chi connectivity index (χ1v) is 8.39. The molecule has 1 N–H and O–H groups in total. The molecular formula is C20H21NO. The minimum Gasteiger partial charge on any atom is -0.395 e. The number of hydrogen-bond donors (Lipinski definition) is 1. The highest BCUT2D eigenvalue weighted by molar-refractivity contribution is 5.57. The van der Waals surface area contributed by atoms with E-state index in [0.29, 0.717) is 23.7 Å². The van der Waals surface area contributed by atoms with Gasteiger partial charge in [0.15, 0.2) is 0 Å². The van der Waals surface area contributed by atoms with Crippen LogP contribution in [0.4, 0.5) is 0 Å². The number of benzene rings is 2. The molecule has 0 unspecified atom stereocenters. The Balaban J connectivity index is 1.68. The van der Waals surface area contributed by atoms with Crippen LogP contribution in [0.2, 0.25) is 0 Å². The van der Waals surface area contributed by atoms with Gasteiger partial charge >= 0.3 is 0 Å². The van der Waals surface area contributed by atoms with Gasteiger partial charge in [0.05, 0.1) is 6.61 Å². The molecule has 112 valence electrons. The zero-order chi connectivity index (χ0) is 14.7. The first kappa shape index (κ1) is 12.9. The van der Waals surface area contributed by atoms with Crippen molar-refractivity contribution in [2.24, 2.45) is 11.8 Å². The van der Waals surface area contributed by atoms with E-state index in [9.17, 15) is 5.11 Å². The molecule has 1 fully saturated rings. The molecule has 4 aliphatic rings. The van der Waals surface area contributed by atoms with Crippen molar-refractivity contribution in [1.29, 1.82) is 0 Å².